The summed E-state index contributed by atoms with van der Waals surface area (Å²) < 4.78 is 8.10. The van der Waals surface area contributed by atoms with E-state index in [1.807, 2.05) is 12.5 Å². The molecule has 8 heteroatoms. The Bertz CT molecular complexity index is 990. The molecular formula is C36H69N5O3. The molecule has 0 spiro atoms. The monoisotopic (exact) mass is 620 g/mol. The number of hydrogen-bond acceptors (Lipinski definition) is 7. The molecule has 0 fully saturated rings. The van der Waals surface area contributed by atoms with E-state index in [1.54, 1.807) is 6.20 Å². The number of carbonyl (C=O) groups is 2. The van der Waals surface area contributed by atoms with E-state index in [0.717, 1.165) is 58.4 Å². The smallest absolute Gasteiger partial charge is 0.312 e. The number of ether oxygens (including phenoxy) is 1. The highest BCUT2D eigenvalue weighted by Crippen LogP contribution is 2.66. The number of nitrogens with two attached hydrogens (primary N) is 1. The molecule has 0 amide bonds. The zero-order valence-corrected chi connectivity index (χ0v) is 30.6. The summed E-state index contributed by atoms with van der Waals surface area (Å²) in [6, 6.07) is 0. The Morgan fingerprint density at radius 3 is 1.93 bits per heavy atom. The zero-order valence-electron chi connectivity index (χ0n) is 30.6. The minimum Gasteiger partial charge on any atom is -0.465 e. The van der Waals surface area contributed by atoms with Gasteiger partial charge in [-0.25, -0.2) is 4.98 Å². The number of unbranched alkanes of at least 4 members (excludes halogenated alkanes) is 1. The van der Waals surface area contributed by atoms with Crippen LogP contribution in [0.15, 0.2) is 18.7 Å². The average Bonchev–Trinajstić information content (AvgIpc) is 3.43. The Labute approximate surface area is 270 Å². The summed E-state index contributed by atoms with van der Waals surface area (Å²) in [5.41, 5.74) is 2.53. The van der Waals surface area contributed by atoms with Crippen molar-refractivity contribution in [3.8, 4) is 0 Å². The van der Waals surface area contributed by atoms with Crippen LogP contribution >= 0.6 is 0 Å². The molecule has 8 nitrogen and oxygen atoms in total. The second kappa shape index (κ2) is 16.7. The van der Waals surface area contributed by atoms with Gasteiger partial charge in [0.1, 0.15) is 5.78 Å². The summed E-state index contributed by atoms with van der Waals surface area (Å²) in [5, 5.41) is 6.79. The van der Waals surface area contributed by atoms with E-state index in [-0.39, 0.29) is 22.6 Å². The Hall–Kier alpha value is -1.77. The molecule has 256 valence electrons. The standard InChI is InChI=1S/C36H69N5O3/c1-31(2,3)27-35(11,30(43)44-26-16-21-39-22-18-37)33(7,8)34(9,10)36(12,32(4,5)6)29(42)17-13-14-19-38-20-15-24-41-25-23-40-28-41/h23,25,28,38-39H,13-22,24,26-27,37H2,1-12H3. The zero-order chi connectivity index (χ0) is 33.9. The molecule has 0 saturated heterocycles. The van der Waals surface area contributed by atoms with Crippen molar-refractivity contribution >= 4 is 11.8 Å². The maximum Gasteiger partial charge on any atom is 0.312 e. The lowest BCUT2D eigenvalue weighted by Gasteiger charge is -2.63. The van der Waals surface area contributed by atoms with Crippen LogP contribution < -0.4 is 16.4 Å². The predicted octanol–water partition coefficient (Wildman–Crippen LogP) is 6.63. The van der Waals surface area contributed by atoms with Crippen LogP contribution in [0.3, 0.4) is 0 Å². The van der Waals surface area contributed by atoms with Crippen LogP contribution in [0.5, 0.6) is 0 Å². The lowest BCUT2D eigenvalue weighted by molar-refractivity contribution is -0.195. The number of hydrogen-bond donors (Lipinski definition) is 3. The molecular weight excluding hydrogens is 550 g/mol. The summed E-state index contributed by atoms with van der Waals surface area (Å²) in [5.74, 6) is 0.104. The molecule has 0 saturated carbocycles. The first-order valence-electron chi connectivity index (χ1n) is 17.0. The molecule has 4 N–H and O–H groups in total. The van der Waals surface area contributed by atoms with Gasteiger partial charge in [-0.1, -0.05) is 76.2 Å². The van der Waals surface area contributed by atoms with Crippen LogP contribution in [0.1, 0.15) is 122 Å². The van der Waals surface area contributed by atoms with E-state index >= 15 is 0 Å². The molecule has 1 heterocycles. The van der Waals surface area contributed by atoms with Gasteiger partial charge >= 0.3 is 5.97 Å². The van der Waals surface area contributed by atoms with Crippen LogP contribution in [-0.4, -0.2) is 60.6 Å². The number of ketones is 1. The van der Waals surface area contributed by atoms with Gasteiger partial charge in [-0.3, -0.25) is 9.59 Å². The Morgan fingerprint density at radius 1 is 0.795 bits per heavy atom. The third-order valence-corrected chi connectivity index (χ3v) is 11.0. The van der Waals surface area contributed by atoms with E-state index in [0.29, 0.717) is 26.0 Å². The lowest BCUT2D eigenvalue weighted by Crippen LogP contribution is -2.62. The SMILES string of the molecule is CC(C)(C)CC(C)(C(=O)OCCCNCCN)C(C)(C)C(C)(C)C(C)(C(=O)CCCCNCCCn1ccnc1)C(C)(C)C. The van der Waals surface area contributed by atoms with E-state index in [2.05, 4.69) is 103 Å². The maximum atomic E-state index is 14.4. The number of aromatic nitrogens is 2. The normalized spacial score (nSPS) is 15.9. The van der Waals surface area contributed by atoms with E-state index in [4.69, 9.17) is 10.5 Å². The molecule has 0 aliphatic rings. The molecule has 2 atom stereocenters. The van der Waals surface area contributed by atoms with Crippen molar-refractivity contribution < 1.29 is 14.3 Å². The molecule has 1 rings (SSSR count). The molecule has 0 bridgehead atoms. The topological polar surface area (TPSA) is 111 Å². The van der Waals surface area contributed by atoms with Gasteiger partial charge in [0.25, 0.3) is 0 Å². The Morgan fingerprint density at radius 2 is 1.39 bits per heavy atom. The highest BCUT2D eigenvalue weighted by Gasteiger charge is 2.65. The first-order chi connectivity index (χ1) is 20.2. The highest BCUT2D eigenvalue weighted by molar-refractivity contribution is 5.87. The van der Waals surface area contributed by atoms with E-state index in [1.165, 1.54) is 0 Å². The van der Waals surface area contributed by atoms with Crippen molar-refractivity contribution in [2.75, 3.05) is 39.3 Å². The van der Waals surface area contributed by atoms with Gasteiger partial charge in [0.05, 0.1) is 18.3 Å². The molecule has 0 radical (unpaired) electrons. The van der Waals surface area contributed by atoms with Crippen molar-refractivity contribution in [3.63, 3.8) is 0 Å². The third-order valence-electron chi connectivity index (χ3n) is 11.0. The van der Waals surface area contributed by atoms with Crippen molar-refractivity contribution in [2.24, 2.45) is 38.2 Å². The summed E-state index contributed by atoms with van der Waals surface area (Å²) in [6.45, 7) is 31.3. The van der Waals surface area contributed by atoms with Gasteiger partial charge < -0.3 is 25.7 Å². The number of rotatable bonds is 21. The van der Waals surface area contributed by atoms with Crippen LogP contribution in [0, 0.1) is 32.5 Å². The second-order valence-electron chi connectivity index (χ2n) is 16.5. The summed E-state index contributed by atoms with van der Waals surface area (Å²) >= 11 is 0. The second-order valence-corrected chi connectivity index (χ2v) is 16.5. The van der Waals surface area contributed by atoms with Crippen LogP contribution in [-0.2, 0) is 20.9 Å². The van der Waals surface area contributed by atoms with Gasteiger partial charge in [-0.15, -0.1) is 0 Å². The summed E-state index contributed by atoms with van der Waals surface area (Å²) in [6.07, 6.45) is 10.4. The minimum atomic E-state index is -0.813. The van der Waals surface area contributed by atoms with Gasteiger partial charge in [-0.05, 0) is 80.3 Å². The quantitative estimate of drug-likeness (QED) is 0.105. The van der Waals surface area contributed by atoms with Crippen molar-refractivity contribution in [2.45, 2.75) is 128 Å². The Kier molecular flexibility index (Phi) is 15.3. The van der Waals surface area contributed by atoms with Gasteiger partial charge in [0.15, 0.2) is 0 Å². The van der Waals surface area contributed by atoms with Crippen molar-refractivity contribution in [1.29, 1.82) is 0 Å². The molecule has 44 heavy (non-hydrogen) atoms. The summed E-state index contributed by atoms with van der Waals surface area (Å²) in [7, 11) is 0. The van der Waals surface area contributed by atoms with E-state index < -0.39 is 21.7 Å². The number of Topliss-reactive ketones (excluding diaryl/α,β-unsaturated/α-hetero) is 1. The average molecular weight is 620 g/mol. The summed E-state index contributed by atoms with van der Waals surface area (Å²) in [4.78, 5) is 32.6. The van der Waals surface area contributed by atoms with Gasteiger partial charge in [0.2, 0.25) is 0 Å². The minimum absolute atomic E-state index is 0.113. The largest absolute Gasteiger partial charge is 0.465 e. The van der Waals surface area contributed by atoms with Gasteiger partial charge in [0, 0.05) is 43.9 Å². The first-order valence-corrected chi connectivity index (χ1v) is 17.0. The maximum absolute atomic E-state index is 14.4. The number of nitrogens with zero attached hydrogens (tertiary/aromatic N) is 2. The number of aryl methyl sites for hydroxylation is 1. The van der Waals surface area contributed by atoms with E-state index in [9.17, 15) is 9.59 Å². The molecule has 1 aromatic rings. The molecule has 2 unspecified atom stereocenters. The molecule has 0 aliphatic carbocycles. The number of carbonyl (C=O) groups excluding carboxylic acids is 2. The highest BCUT2D eigenvalue weighted by atomic mass is 16.5. The fourth-order valence-electron chi connectivity index (χ4n) is 7.09. The van der Waals surface area contributed by atoms with Crippen LogP contribution in [0.2, 0.25) is 0 Å². The lowest BCUT2D eigenvalue weighted by atomic mass is 9.40. The van der Waals surface area contributed by atoms with Crippen molar-refractivity contribution in [1.82, 2.24) is 20.2 Å². The Balaban J connectivity index is 3.08. The molecule has 0 aromatic carbocycles. The molecule has 0 aliphatic heterocycles. The van der Waals surface area contributed by atoms with Crippen molar-refractivity contribution in [3.05, 3.63) is 18.7 Å². The number of nitrogens with one attached hydrogen (secondary N) is 2. The third kappa shape index (κ3) is 10.1. The number of imidazole rings is 1. The number of esters is 1. The fraction of sp³-hybridized carbons (Fsp3) is 0.861. The van der Waals surface area contributed by atoms with Gasteiger partial charge in [-0.2, -0.15) is 0 Å². The fourth-order valence-corrected chi connectivity index (χ4v) is 7.09. The van der Waals surface area contributed by atoms with Crippen LogP contribution in [0.4, 0.5) is 0 Å². The first kappa shape index (κ1) is 40.3. The van der Waals surface area contributed by atoms with Crippen LogP contribution in [0.25, 0.3) is 0 Å². The predicted molar refractivity (Wildman–Crippen MR) is 183 cm³/mol. The molecule has 1 aromatic heterocycles.